The second-order valence-corrected chi connectivity index (χ2v) is 8.01. The zero-order valence-corrected chi connectivity index (χ0v) is 16.7. The Labute approximate surface area is 163 Å². The van der Waals surface area contributed by atoms with E-state index < -0.39 is 5.41 Å². The van der Waals surface area contributed by atoms with Gasteiger partial charge in [-0.15, -0.1) is 11.3 Å². The molecular weight excluding hydrogens is 358 g/mol. The highest BCUT2D eigenvalue weighted by Crippen LogP contribution is 2.45. The quantitative estimate of drug-likeness (QED) is 0.520. The van der Waals surface area contributed by atoms with Gasteiger partial charge in [0.2, 0.25) is 5.91 Å². The van der Waals surface area contributed by atoms with Crippen LogP contribution in [0.15, 0.2) is 43.0 Å². The number of hydrogen-bond acceptors (Lipinski definition) is 4. The third-order valence-corrected chi connectivity index (χ3v) is 6.66. The van der Waals surface area contributed by atoms with Gasteiger partial charge in [0.15, 0.2) is 0 Å². The zero-order chi connectivity index (χ0) is 19.6. The Bertz CT molecular complexity index is 919. The van der Waals surface area contributed by atoms with Crippen molar-refractivity contribution in [2.75, 3.05) is 11.9 Å². The first-order valence-electron chi connectivity index (χ1n) is 9.26. The first kappa shape index (κ1) is 19.4. The van der Waals surface area contributed by atoms with Gasteiger partial charge >= 0.3 is 5.97 Å². The number of hydrogen-bond donors (Lipinski definition) is 1. The molecule has 1 aromatic heterocycles. The lowest BCUT2D eigenvalue weighted by atomic mass is 9.78. The van der Waals surface area contributed by atoms with Crippen molar-refractivity contribution < 1.29 is 14.3 Å². The van der Waals surface area contributed by atoms with Crippen molar-refractivity contribution in [3.63, 3.8) is 0 Å². The monoisotopic (exact) mass is 383 g/mol. The molecule has 0 atom stereocenters. The molecule has 27 heavy (non-hydrogen) atoms. The molecule has 1 heterocycles. The second-order valence-electron chi connectivity index (χ2n) is 6.96. The second kappa shape index (κ2) is 7.69. The van der Waals surface area contributed by atoms with Crippen molar-refractivity contribution in [3.8, 4) is 0 Å². The van der Waals surface area contributed by atoms with Gasteiger partial charge in [-0.25, -0.2) is 4.79 Å². The topological polar surface area (TPSA) is 55.4 Å². The zero-order valence-electron chi connectivity index (χ0n) is 15.9. The van der Waals surface area contributed by atoms with E-state index in [-0.39, 0.29) is 11.9 Å². The predicted octanol–water partition coefficient (Wildman–Crippen LogP) is 5.63. The summed E-state index contributed by atoms with van der Waals surface area (Å²) in [5.74, 6) is -0.322. The van der Waals surface area contributed by atoms with E-state index in [0.29, 0.717) is 11.5 Å². The van der Waals surface area contributed by atoms with Crippen LogP contribution in [0.4, 0.5) is 5.69 Å². The van der Waals surface area contributed by atoms with E-state index in [9.17, 15) is 9.59 Å². The summed E-state index contributed by atoms with van der Waals surface area (Å²) < 4.78 is 6.13. The fourth-order valence-corrected chi connectivity index (χ4v) is 4.89. The Hall–Kier alpha value is -2.40. The smallest absolute Gasteiger partial charge is 0.348 e. The number of nitrogens with one attached hydrogen (secondary N) is 1. The van der Waals surface area contributed by atoms with Crippen LogP contribution in [0.3, 0.4) is 0 Å². The molecule has 4 nitrogen and oxygen atoms in total. The molecule has 5 heteroatoms. The molecule has 0 bridgehead atoms. The van der Waals surface area contributed by atoms with Crippen LogP contribution < -0.4 is 5.32 Å². The Morgan fingerprint density at radius 3 is 2.67 bits per heavy atom. The van der Waals surface area contributed by atoms with E-state index in [4.69, 9.17) is 4.74 Å². The van der Waals surface area contributed by atoms with Crippen LogP contribution in [0.2, 0.25) is 0 Å². The van der Waals surface area contributed by atoms with Crippen LogP contribution >= 0.6 is 11.3 Å². The third-order valence-electron chi connectivity index (χ3n) is 5.41. The van der Waals surface area contributed by atoms with Gasteiger partial charge in [0.25, 0.3) is 0 Å². The lowest BCUT2D eigenvalue weighted by Crippen LogP contribution is -2.34. The number of amides is 1. The molecule has 0 spiro atoms. The Morgan fingerprint density at radius 1 is 1.33 bits per heavy atom. The highest BCUT2D eigenvalue weighted by atomic mass is 32.1. The predicted molar refractivity (Wildman–Crippen MR) is 111 cm³/mol. The number of thiophene rings is 1. The molecule has 3 rings (SSSR count). The van der Waals surface area contributed by atoms with Gasteiger partial charge in [-0.2, -0.15) is 0 Å². The summed E-state index contributed by atoms with van der Waals surface area (Å²) in [6.07, 6.45) is 5.34. The van der Waals surface area contributed by atoms with Gasteiger partial charge in [-0.1, -0.05) is 32.1 Å². The SMILES string of the molecule is C=CC(=C)C1(C(=O)Nc2ccc3sc(C(=O)OCC)c(C)c3c2)CCCC1. The van der Waals surface area contributed by atoms with Gasteiger partial charge < -0.3 is 10.1 Å². The average molecular weight is 384 g/mol. The number of rotatable bonds is 6. The minimum absolute atomic E-state index is 0.0252. The summed E-state index contributed by atoms with van der Waals surface area (Å²) in [6, 6.07) is 5.75. The Balaban J connectivity index is 1.90. The summed E-state index contributed by atoms with van der Waals surface area (Å²) in [5.41, 5.74) is 1.84. The van der Waals surface area contributed by atoms with E-state index in [2.05, 4.69) is 18.5 Å². The fourth-order valence-electron chi connectivity index (χ4n) is 3.81. The molecule has 0 radical (unpaired) electrons. The van der Waals surface area contributed by atoms with Crippen LogP contribution in [0.5, 0.6) is 0 Å². The minimum atomic E-state index is -0.559. The molecule has 1 amide bonds. The average Bonchev–Trinajstić information content (AvgIpc) is 3.28. The Kier molecular flexibility index (Phi) is 5.51. The molecule has 0 aliphatic heterocycles. The van der Waals surface area contributed by atoms with Gasteiger partial charge in [0, 0.05) is 10.4 Å². The number of benzene rings is 1. The summed E-state index contributed by atoms with van der Waals surface area (Å²) in [4.78, 5) is 25.8. The van der Waals surface area contributed by atoms with E-state index in [0.717, 1.165) is 52.6 Å². The molecule has 142 valence electrons. The largest absolute Gasteiger partial charge is 0.462 e. The van der Waals surface area contributed by atoms with Crippen molar-refractivity contribution in [3.05, 3.63) is 53.4 Å². The van der Waals surface area contributed by atoms with Crippen molar-refractivity contribution in [1.82, 2.24) is 0 Å². The standard InChI is InChI=1S/C22H25NO3S/c1-5-14(3)22(11-7-8-12-22)21(25)23-16-9-10-18-17(13-16)15(4)19(27-18)20(24)26-6-2/h5,9-10,13H,1,3,6-8,11-12H2,2,4H3,(H,23,25). The van der Waals surface area contributed by atoms with Crippen LogP contribution in [0.1, 0.15) is 47.8 Å². The van der Waals surface area contributed by atoms with Crippen molar-refractivity contribution >= 4 is 39.0 Å². The molecular formula is C22H25NO3S. The minimum Gasteiger partial charge on any atom is -0.462 e. The maximum absolute atomic E-state index is 13.1. The van der Waals surface area contributed by atoms with Gasteiger partial charge in [-0.05, 0) is 61.4 Å². The van der Waals surface area contributed by atoms with E-state index in [1.807, 2.05) is 25.1 Å². The molecule has 0 saturated heterocycles. The summed E-state index contributed by atoms with van der Waals surface area (Å²) in [5, 5.41) is 4.03. The molecule has 2 aromatic rings. The number of esters is 1. The van der Waals surface area contributed by atoms with Gasteiger partial charge in [0.1, 0.15) is 4.88 Å². The van der Waals surface area contributed by atoms with E-state index >= 15 is 0 Å². The number of carbonyl (C=O) groups excluding carboxylic acids is 2. The first-order chi connectivity index (χ1) is 12.9. The molecule has 1 fully saturated rings. The van der Waals surface area contributed by atoms with Crippen LogP contribution in [0.25, 0.3) is 10.1 Å². The number of carbonyl (C=O) groups is 2. The normalized spacial score (nSPS) is 15.5. The first-order valence-corrected chi connectivity index (χ1v) is 10.1. The fraction of sp³-hybridized carbons (Fsp3) is 0.364. The maximum Gasteiger partial charge on any atom is 0.348 e. The van der Waals surface area contributed by atoms with Crippen molar-refractivity contribution in [2.45, 2.75) is 39.5 Å². The van der Waals surface area contributed by atoms with Crippen LogP contribution in [-0.2, 0) is 9.53 Å². The molecule has 1 aliphatic rings. The molecule has 1 saturated carbocycles. The summed E-state index contributed by atoms with van der Waals surface area (Å²) in [6.45, 7) is 11.9. The Morgan fingerprint density at radius 2 is 2.04 bits per heavy atom. The van der Waals surface area contributed by atoms with Crippen molar-refractivity contribution in [1.29, 1.82) is 0 Å². The third kappa shape index (κ3) is 3.44. The number of anilines is 1. The van der Waals surface area contributed by atoms with Gasteiger partial charge in [-0.3, -0.25) is 4.79 Å². The lowest BCUT2D eigenvalue weighted by Gasteiger charge is -2.28. The number of allylic oxidation sites excluding steroid dienone is 1. The van der Waals surface area contributed by atoms with Crippen LogP contribution in [-0.4, -0.2) is 18.5 Å². The molecule has 1 aromatic carbocycles. The highest BCUT2D eigenvalue weighted by molar-refractivity contribution is 7.21. The highest BCUT2D eigenvalue weighted by Gasteiger charge is 2.42. The van der Waals surface area contributed by atoms with Crippen LogP contribution in [0, 0.1) is 12.3 Å². The van der Waals surface area contributed by atoms with Gasteiger partial charge in [0.05, 0.1) is 12.0 Å². The van der Waals surface area contributed by atoms with Crippen molar-refractivity contribution in [2.24, 2.45) is 5.41 Å². The van der Waals surface area contributed by atoms with E-state index in [1.54, 1.807) is 13.0 Å². The number of aryl methyl sites for hydroxylation is 1. The molecule has 1 N–H and O–H groups in total. The van der Waals surface area contributed by atoms with E-state index in [1.165, 1.54) is 11.3 Å². The summed E-state index contributed by atoms with van der Waals surface area (Å²) in [7, 11) is 0. The maximum atomic E-state index is 13.1. The molecule has 1 aliphatic carbocycles. The molecule has 0 unspecified atom stereocenters. The summed E-state index contributed by atoms with van der Waals surface area (Å²) >= 11 is 1.42. The lowest BCUT2D eigenvalue weighted by molar-refractivity contribution is -0.123. The number of fused-ring (bicyclic) bond motifs is 1. The number of ether oxygens (including phenoxy) is 1.